The lowest BCUT2D eigenvalue weighted by atomic mass is 10.1. The number of piperidine rings is 1. The van der Waals surface area contributed by atoms with E-state index in [0.29, 0.717) is 28.7 Å². The van der Waals surface area contributed by atoms with Crippen molar-refractivity contribution in [3.05, 3.63) is 35.1 Å². The average Bonchev–Trinajstić information content (AvgIpc) is 3.12. The van der Waals surface area contributed by atoms with Crippen molar-refractivity contribution in [2.75, 3.05) is 13.1 Å². The molecule has 2 heterocycles. The zero-order chi connectivity index (χ0) is 21.2. The zero-order valence-electron chi connectivity index (χ0n) is 16.6. The number of likely N-dealkylation sites (tertiary alicyclic amines) is 1. The van der Waals surface area contributed by atoms with Gasteiger partial charge in [0.1, 0.15) is 11.4 Å². The van der Waals surface area contributed by atoms with Crippen LogP contribution >= 0.6 is 15.9 Å². The first-order valence-electron chi connectivity index (χ1n) is 9.40. The first kappa shape index (κ1) is 21.5. The Morgan fingerprint density at radius 2 is 1.97 bits per heavy atom. The molecule has 1 fully saturated rings. The Balaban J connectivity index is 1.69. The maximum absolute atomic E-state index is 12.8. The molecule has 1 amide bonds. The van der Waals surface area contributed by atoms with Crippen LogP contribution in [0.1, 0.15) is 39.7 Å². The van der Waals surface area contributed by atoms with Crippen LogP contribution < -0.4 is 4.74 Å². The fourth-order valence-corrected chi connectivity index (χ4v) is 3.72. The van der Waals surface area contributed by atoms with Crippen LogP contribution in [0.25, 0.3) is 11.1 Å². The van der Waals surface area contributed by atoms with Crippen LogP contribution in [0.2, 0.25) is 0 Å². The van der Waals surface area contributed by atoms with Gasteiger partial charge in [0.2, 0.25) is 0 Å². The lowest BCUT2D eigenvalue weighted by Crippen LogP contribution is -2.42. The third-order valence-corrected chi connectivity index (χ3v) is 5.20. The van der Waals surface area contributed by atoms with E-state index in [1.807, 2.05) is 31.6 Å². The highest BCUT2D eigenvalue weighted by molar-refractivity contribution is 9.10. The smallest absolute Gasteiger partial charge is 0.410 e. The van der Waals surface area contributed by atoms with Gasteiger partial charge >= 0.3 is 12.7 Å². The molecule has 0 bridgehead atoms. The van der Waals surface area contributed by atoms with E-state index >= 15 is 0 Å². The minimum absolute atomic E-state index is 0.0850. The first-order chi connectivity index (χ1) is 13.6. The van der Waals surface area contributed by atoms with Crippen LogP contribution in [0.4, 0.5) is 13.6 Å². The van der Waals surface area contributed by atoms with Gasteiger partial charge in [0.05, 0.1) is 16.7 Å². The standard InChI is InChI=1S/C20H24BrF2N3O3/c1-20(2,3)29-19(27)25-9-7-14(8-10-25)26-12-13(11-24-26)15-5-4-6-16(21)17(15)28-18(22)23/h4-6,11-12,14,18H,7-10H2,1-3H3. The number of rotatable bonds is 4. The Hall–Kier alpha value is -2.16. The van der Waals surface area contributed by atoms with E-state index in [2.05, 4.69) is 21.0 Å². The van der Waals surface area contributed by atoms with Crippen molar-refractivity contribution in [2.45, 2.75) is 51.9 Å². The number of carbonyl (C=O) groups is 1. The van der Waals surface area contributed by atoms with Crippen LogP contribution in [0, 0.1) is 0 Å². The molecular weight excluding hydrogens is 448 g/mol. The molecule has 0 spiro atoms. The lowest BCUT2D eigenvalue weighted by molar-refractivity contribution is -0.0499. The number of aromatic nitrogens is 2. The number of para-hydroxylation sites is 1. The molecular formula is C20H24BrF2N3O3. The third-order valence-electron chi connectivity index (χ3n) is 4.58. The average molecular weight is 472 g/mol. The topological polar surface area (TPSA) is 56.6 Å². The largest absolute Gasteiger partial charge is 0.444 e. The molecule has 6 nitrogen and oxygen atoms in total. The predicted octanol–water partition coefficient (Wildman–Crippen LogP) is 5.49. The molecule has 2 aromatic rings. The molecule has 29 heavy (non-hydrogen) atoms. The molecule has 1 aliphatic rings. The fraction of sp³-hybridized carbons (Fsp3) is 0.500. The fourth-order valence-electron chi connectivity index (χ4n) is 3.26. The van der Waals surface area contributed by atoms with Crippen LogP contribution in [0.5, 0.6) is 5.75 Å². The SMILES string of the molecule is CC(C)(C)OC(=O)N1CCC(n2cc(-c3cccc(Br)c3OC(F)F)cn2)CC1. The molecule has 9 heteroatoms. The molecule has 0 aliphatic carbocycles. The number of hydrogen-bond acceptors (Lipinski definition) is 4. The second kappa shape index (κ2) is 8.69. The monoisotopic (exact) mass is 471 g/mol. The normalized spacial score (nSPS) is 15.6. The van der Waals surface area contributed by atoms with E-state index < -0.39 is 12.2 Å². The Morgan fingerprint density at radius 1 is 1.28 bits per heavy atom. The van der Waals surface area contributed by atoms with Crippen molar-refractivity contribution >= 4 is 22.0 Å². The van der Waals surface area contributed by atoms with Crippen LogP contribution in [-0.4, -0.2) is 46.1 Å². The van der Waals surface area contributed by atoms with E-state index in [1.54, 1.807) is 29.3 Å². The van der Waals surface area contributed by atoms with E-state index in [4.69, 9.17) is 9.47 Å². The van der Waals surface area contributed by atoms with Crippen molar-refractivity contribution in [3.8, 4) is 16.9 Å². The summed E-state index contributed by atoms with van der Waals surface area (Å²) in [5, 5.41) is 4.42. The van der Waals surface area contributed by atoms with E-state index in [9.17, 15) is 13.6 Å². The Labute approximate surface area is 176 Å². The number of benzene rings is 1. The van der Waals surface area contributed by atoms with Gasteiger partial charge in [0.25, 0.3) is 0 Å². The van der Waals surface area contributed by atoms with E-state index in [1.165, 1.54) is 0 Å². The van der Waals surface area contributed by atoms with E-state index in [-0.39, 0.29) is 17.9 Å². The maximum atomic E-state index is 12.8. The van der Waals surface area contributed by atoms with Gasteiger partial charge in [0.15, 0.2) is 0 Å². The molecule has 0 N–H and O–H groups in total. The van der Waals surface area contributed by atoms with Gasteiger partial charge in [-0.2, -0.15) is 13.9 Å². The highest BCUT2D eigenvalue weighted by Gasteiger charge is 2.28. The Bertz CT molecular complexity index is 859. The number of nitrogens with zero attached hydrogens (tertiary/aromatic N) is 3. The molecule has 0 saturated carbocycles. The molecule has 158 valence electrons. The summed E-state index contributed by atoms with van der Waals surface area (Å²) in [7, 11) is 0. The van der Waals surface area contributed by atoms with Crippen molar-refractivity contribution in [3.63, 3.8) is 0 Å². The van der Waals surface area contributed by atoms with Gasteiger partial charge in [-0.05, 0) is 55.6 Å². The van der Waals surface area contributed by atoms with Gasteiger partial charge in [-0.3, -0.25) is 4.68 Å². The van der Waals surface area contributed by atoms with Crippen LogP contribution in [-0.2, 0) is 4.74 Å². The van der Waals surface area contributed by atoms with Gasteiger partial charge in [-0.15, -0.1) is 0 Å². The molecule has 1 saturated heterocycles. The molecule has 1 aliphatic heterocycles. The Kier molecular flexibility index (Phi) is 6.45. The molecule has 1 aromatic carbocycles. The zero-order valence-corrected chi connectivity index (χ0v) is 18.2. The third kappa shape index (κ3) is 5.46. The molecule has 0 radical (unpaired) electrons. The van der Waals surface area contributed by atoms with E-state index in [0.717, 1.165) is 12.8 Å². The number of ether oxygens (including phenoxy) is 2. The minimum atomic E-state index is -2.92. The lowest BCUT2D eigenvalue weighted by Gasteiger charge is -2.33. The van der Waals surface area contributed by atoms with Gasteiger partial charge < -0.3 is 14.4 Å². The van der Waals surface area contributed by atoms with Gasteiger partial charge in [0, 0.05) is 30.4 Å². The summed E-state index contributed by atoms with van der Waals surface area (Å²) in [4.78, 5) is 13.9. The summed E-state index contributed by atoms with van der Waals surface area (Å²) in [5.74, 6) is 0.0850. The van der Waals surface area contributed by atoms with Crippen LogP contribution in [0.15, 0.2) is 35.1 Å². The first-order valence-corrected chi connectivity index (χ1v) is 10.2. The van der Waals surface area contributed by atoms with Crippen molar-refractivity contribution in [2.24, 2.45) is 0 Å². The number of alkyl halides is 2. The minimum Gasteiger partial charge on any atom is -0.444 e. The Morgan fingerprint density at radius 3 is 2.59 bits per heavy atom. The molecule has 0 atom stereocenters. The number of amides is 1. The summed E-state index contributed by atoms with van der Waals surface area (Å²) < 4.78 is 38.0. The predicted molar refractivity (Wildman–Crippen MR) is 108 cm³/mol. The summed E-state index contributed by atoms with van der Waals surface area (Å²) in [5.41, 5.74) is 0.709. The molecule has 3 rings (SSSR count). The van der Waals surface area contributed by atoms with Crippen molar-refractivity contribution < 1.29 is 23.0 Å². The molecule has 0 unspecified atom stereocenters. The van der Waals surface area contributed by atoms with Gasteiger partial charge in [-0.25, -0.2) is 4.79 Å². The van der Waals surface area contributed by atoms with Crippen LogP contribution in [0.3, 0.4) is 0 Å². The van der Waals surface area contributed by atoms with Gasteiger partial charge in [-0.1, -0.05) is 12.1 Å². The molecule has 1 aromatic heterocycles. The quantitative estimate of drug-likeness (QED) is 0.591. The number of carbonyl (C=O) groups excluding carboxylic acids is 1. The number of halogens is 3. The summed E-state index contributed by atoms with van der Waals surface area (Å²) in [6.07, 6.45) is 4.63. The second-order valence-electron chi connectivity index (χ2n) is 7.90. The summed E-state index contributed by atoms with van der Waals surface area (Å²) in [6.45, 7) is 3.76. The maximum Gasteiger partial charge on any atom is 0.410 e. The highest BCUT2D eigenvalue weighted by atomic mass is 79.9. The van der Waals surface area contributed by atoms with Crippen molar-refractivity contribution in [1.29, 1.82) is 0 Å². The summed E-state index contributed by atoms with van der Waals surface area (Å²) in [6, 6.07) is 5.25. The summed E-state index contributed by atoms with van der Waals surface area (Å²) >= 11 is 3.26. The number of hydrogen-bond donors (Lipinski definition) is 0. The highest BCUT2D eigenvalue weighted by Crippen LogP contribution is 2.38. The van der Waals surface area contributed by atoms with Crippen molar-refractivity contribution in [1.82, 2.24) is 14.7 Å². The second-order valence-corrected chi connectivity index (χ2v) is 8.76.